The summed E-state index contributed by atoms with van der Waals surface area (Å²) in [5, 5.41) is 5.46. The highest BCUT2D eigenvalue weighted by Gasteiger charge is 2.18. The number of benzene rings is 3. The number of carbonyl (C=O) groups is 1. The Bertz CT molecular complexity index is 1340. The summed E-state index contributed by atoms with van der Waals surface area (Å²) in [5.41, 5.74) is 3.14. The predicted octanol–water partition coefficient (Wildman–Crippen LogP) is 4.26. The molecule has 0 aromatic heterocycles. The summed E-state index contributed by atoms with van der Waals surface area (Å²) in [5.74, 6) is 0.516. The minimum atomic E-state index is -3.78. The third kappa shape index (κ3) is 6.43. The van der Waals surface area contributed by atoms with Crippen molar-refractivity contribution in [2.75, 3.05) is 31.4 Å². The van der Waals surface area contributed by atoms with Crippen LogP contribution < -0.4 is 29.6 Å². The summed E-state index contributed by atoms with van der Waals surface area (Å²) in [6.45, 7) is 3.79. The highest BCUT2D eigenvalue weighted by molar-refractivity contribution is 7.92. The van der Waals surface area contributed by atoms with Crippen molar-refractivity contribution in [2.45, 2.75) is 18.7 Å². The first-order valence-corrected chi connectivity index (χ1v) is 12.6. The molecule has 0 unspecified atom stereocenters. The maximum absolute atomic E-state index is 12.8. The number of nitrogens with one attached hydrogen (secondary N) is 3. The average Bonchev–Trinajstić information content (AvgIpc) is 2.82. The van der Waals surface area contributed by atoms with Gasteiger partial charge in [-0.2, -0.15) is 0 Å². The highest BCUT2D eigenvalue weighted by Crippen LogP contribution is 2.38. The summed E-state index contributed by atoms with van der Waals surface area (Å²) in [6, 6.07) is 14.5. The fourth-order valence-electron chi connectivity index (χ4n) is 3.51. The number of amides is 1. The van der Waals surface area contributed by atoms with Gasteiger partial charge in [-0.3, -0.25) is 14.8 Å². The Kier molecular flexibility index (Phi) is 8.38. The van der Waals surface area contributed by atoms with E-state index in [0.717, 1.165) is 11.1 Å². The molecule has 0 atom stereocenters. The van der Waals surface area contributed by atoms with Gasteiger partial charge in [-0.15, -0.1) is 0 Å². The van der Waals surface area contributed by atoms with Crippen LogP contribution in [-0.2, 0) is 10.0 Å². The number of ether oxygens (including phenoxy) is 3. The molecule has 0 fully saturated rings. The Morgan fingerprint density at radius 2 is 1.36 bits per heavy atom. The van der Waals surface area contributed by atoms with Crippen molar-refractivity contribution in [3.05, 3.63) is 71.3 Å². The zero-order valence-electron chi connectivity index (χ0n) is 20.5. The van der Waals surface area contributed by atoms with Crippen molar-refractivity contribution in [3.8, 4) is 17.2 Å². The van der Waals surface area contributed by atoms with Gasteiger partial charge in [-0.25, -0.2) is 8.42 Å². The van der Waals surface area contributed by atoms with E-state index in [0.29, 0.717) is 28.6 Å². The zero-order valence-corrected chi connectivity index (χ0v) is 22.1. The van der Waals surface area contributed by atoms with Crippen LogP contribution in [0.4, 0.5) is 11.4 Å². The van der Waals surface area contributed by atoms with Gasteiger partial charge in [0.1, 0.15) is 0 Å². The molecule has 0 bridgehead atoms. The van der Waals surface area contributed by atoms with E-state index in [4.69, 9.17) is 26.4 Å². The molecule has 9 nitrogen and oxygen atoms in total. The standard InChI is InChI=1S/C25H27N3O6S2/c1-15-10-16(2)12-19(11-15)28-36(30,31)20-8-6-18(7-9-20)26-25(35)27-24(29)17-13-21(32-3)23(34-5)22(14-17)33-4/h6-14,28H,1-5H3,(H2,26,27,29,35). The fourth-order valence-corrected chi connectivity index (χ4v) is 4.77. The molecule has 0 spiro atoms. The Morgan fingerprint density at radius 1 is 0.806 bits per heavy atom. The van der Waals surface area contributed by atoms with E-state index in [1.807, 2.05) is 19.9 Å². The number of rotatable bonds is 8. The number of methoxy groups -OCH3 is 3. The molecule has 3 rings (SSSR count). The summed E-state index contributed by atoms with van der Waals surface area (Å²) >= 11 is 5.24. The van der Waals surface area contributed by atoms with Gasteiger partial charge in [-0.05, 0) is 85.7 Å². The Hall–Kier alpha value is -3.83. The third-order valence-electron chi connectivity index (χ3n) is 5.05. The van der Waals surface area contributed by atoms with Crippen LogP contribution in [0.25, 0.3) is 0 Å². The lowest BCUT2D eigenvalue weighted by Gasteiger charge is -2.15. The van der Waals surface area contributed by atoms with Crippen molar-refractivity contribution < 1.29 is 27.4 Å². The molecule has 0 heterocycles. The molecule has 0 radical (unpaired) electrons. The van der Waals surface area contributed by atoms with E-state index in [-0.39, 0.29) is 15.6 Å². The lowest BCUT2D eigenvalue weighted by Crippen LogP contribution is -2.34. The molecule has 1 amide bonds. The van der Waals surface area contributed by atoms with Gasteiger partial charge in [0.2, 0.25) is 5.75 Å². The second kappa shape index (κ2) is 11.3. The van der Waals surface area contributed by atoms with Crippen LogP contribution >= 0.6 is 12.2 Å². The van der Waals surface area contributed by atoms with Crippen LogP contribution in [0, 0.1) is 13.8 Å². The molecule has 36 heavy (non-hydrogen) atoms. The zero-order chi connectivity index (χ0) is 26.5. The molecule has 0 aliphatic carbocycles. The molecular weight excluding hydrogens is 502 g/mol. The first kappa shape index (κ1) is 26.8. The van der Waals surface area contributed by atoms with Crippen molar-refractivity contribution >= 4 is 44.6 Å². The van der Waals surface area contributed by atoms with Gasteiger partial charge < -0.3 is 19.5 Å². The van der Waals surface area contributed by atoms with Gasteiger partial charge >= 0.3 is 0 Å². The van der Waals surface area contributed by atoms with Crippen molar-refractivity contribution in [2.24, 2.45) is 0 Å². The maximum atomic E-state index is 12.8. The van der Waals surface area contributed by atoms with E-state index in [2.05, 4.69) is 15.4 Å². The predicted molar refractivity (Wildman–Crippen MR) is 143 cm³/mol. The van der Waals surface area contributed by atoms with Crippen LogP contribution in [0.3, 0.4) is 0 Å². The van der Waals surface area contributed by atoms with Crippen molar-refractivity contribution in [1.82, 2.24) is 5.32 Å². The number of aryl methyl sites for hydroxylation is 2. The molecule has 0 aliphatic heterocycles. The van der Waals surface area contributed by atoms with Crippen molar-refractivity contribution in [1.29, 1.82) is 0 Å². The molecular formula is C25H27N3O6S2. The average molecular weight is 530 g/mol. The molecule has 0 aliphatic rings. The first-order chi connectivity index (χ1) is 17.1. The molecule has 3 aromatic rings. The molecule has 3 aromatic carbocycles. The fraction of sp³-hybridized carbons (Fsp3) is 0.200. The molecule has 11 heteroatoms. The molecule has 3 N–H and O–H groups in total. The summed E-state index contributed by atoms with van der Waals surface area (Å²) < 4.78 is 43.9. The van der Waals surface area contributed by atoms with Crippen LogP contribution in [0.2, 0.25) is 0 Å². The lowest BCUT2D eigenvalue weighted by molar-refractivity contribution is 0.0977. The van der Waals surface area contributed by atoms with E-state index in [9.17, 15) is 13.2 Å². The van der Waals surface area contributed by atoms with E-state index >= 15 is 0 Å². The normalized spacial score (nSPS) is 10.8. The van der Waals surface area contributed by atoms with E-state index in [1.165, 1.54) is 45.6 Å². The number of thiocarbonyl (C=S) groups is 1. The maximum Gasteiger partial charge on any atom is 0.261 e. The Labute approximate surface area is 215 Å². The van der Waals surface area contributed by atoms with Gasteiger partial charge in [0.25, 0.3) is 15.9 Å². The quantitative estimate of drug-likeness (QED) is 0.371. The van der Waals surface area contributed by atoms with Gasteiger partial charge in [0.05, 0.1) is 26.2 Å². The third-order valence-corrected chi connectivity index (χ3v) is 6.65. The van der Waals surface area contributed by atoms with E-state index in [1.54, 1.807) is 24.3 Å². The lowest BCUT2D eigenvalue weighted by atomic mass is 10.1. The number of hydrogen-bond donors (Lipinski definition) is 3. The number of carbonyl (C=O) groups excluding carboxylic acids is 1. The molecule has 0 saturated carbocycles. The Morgan fingerprint density at radius 3 is 1.86 bits per heavy atom. The Balaban J connectivity index is 1.68. The molecule has 190 valence electrons. The van der Waals surface area contributed by atoms with E-state index < -0.39 is 15.9 Å². The SMILES string of the molecule is COc1cc(C(=O)NC(=S)Nc2ccc(S(=O)(=O)Nc3cc(C)cc(C)c3)cc2)cc(OC)c1OC. The van der Waals surface area contributed by atoms with Crippen molar-refractivity contribution in [3.63, 3.8) is 0 Å². The molecule has 0 saturated heterocycles. The minimum absolute atomic E-state index is 0.0257. The largest absolute Gasteiger partial charge is 0.493 e. The van der Waals surface area contributed by atoms with Crippen LogP contribution in [0.1, 0.15) is 21.5 Å². The van der Waals surface area contributed by atoms with Gasteiger partial charge in [-0.1, -0.05) is 6.07 Å². The van der Waals surface area contributed by atoms with Gasteiger partial charge in [0, 0.05) is 16.9 Å². The van der Waals surface area contributed by atoms with Crippen LogP contribution in [-0.4, -0.2) is 40.8 Å². The summed E-state index contributed by atoms with van der Waals surface area (Å²) in [4.78, 5) is 12.8. The van der Waals surface area contributed by atoms with Crippen LogP contribution in [0.15, 0.2) is 59.5 Å². The summed E-state index contributed by atoms with van der Waals surface area (Å²) in [7, 11) is 0.589. The summed E-state index contributed by atoms with van der Waals surface area (Å²) in [6.07, 6.45) is 0. The van der Waals surface area contributed by atoms with Crippen LogP contribution in [0.5, 0.6) is 17.2 Å². The minimum Gasteiger partial charge on any atom is -0.493 e. The smallest absolute Gasteiger partial charge is 0.261 e. The number of hydrogen-bond acceptors (Lipinski definition) is 7. The number of sulfonamides is 1. The number of anilines is 2. The second-order valence-corrected chi connectivity index (χ2v) is 9.92. The topological polar surface area (TPSA) is 115 Å². The van der Waals surface area contributed by atoms with Gasteiger partial charge in [0.15, 0.2) is 16.6 Å². The monoisotopic (exact) mass is 529 g/mol. The second-order valence-electron chi connectivity index (χ2n) is 7.83. The highest BCUT2D eigenvalue weighted by atomic mass is 32.2. The first-order valence-electron chi connectivity index (χ1n) is 10.7.